The molecule has 26 heavy (non-hydrogen) atoms. The Bertz CT molecular complexity index is 1010. The zero-order valence-corrected chi connectivity index (χ0v) is 15.1. The Morgan fingerprint density at radius 1 is 1.15 bits per heavy atom. The van der Waals surface area contributed by atoms with Crippen molar-refractivity contribution in [3.8, 4) is 0 Å². The van der Waals surface area contributed by atoms with Crippen molar-refractivity contribution in [1.29, 1.82) is 0 Å². The molecule has 0 aliphatic heterocycles. The first kappa shape index (κ1) is 18.4. The van der Waals surface area contributed by atoms with Crippen LogP contribution in [0.4, 0.5) is 13.2 Å². The summed E-state index contributed by atoms with van der Waals surface area (Å²) in [6, 6.07) is 13.6. The number of hydrogen-bond donors (Lipinski definition) is 0. The van der Waals surface area contributed by atoms with E-state index in [0.29, 0.717) is 6.54 Å². The minimum atomic E-state index is -4.97. The molecule has 0 atom stereocenters. The molecule has 3 nitrogen and oxygen atoms in total. The van der Waals surface area contributed by atoms with Gasteiger partial charge in [0.1, 0.15) is 0 Å². The van der Waals surface area contributed by atoms with E-state index in [0.717, 1.165) is 32.5 Å². The molecule has 7 heteroatoms. The van der Waals surface area contributed by atoms with Gasteiger partial charge in [0.15, 0.2) is 4.80 Å². The fourth-order valence-electron chi connectivity index (χ4n) is 2.63. The highest BCUT2D eigenvalue weighted by molar-refractivity contribution is 7.09. The van der Waals surface area contributed by atoms with Crippen molar-refractivity contribution in [2.45, 2.75) is 32.5 Å². The van der Waals surface area contributed by atoms with E-state index in [4.69, 9.17) is 0 Å². The van der Waals surface area contributed by atoms with Gasteiger partial charge in [-0.2, -0.15) is 18.2 Å². The zero-order chi connectivity index (χ0) is 18.9. The van der Waals surface area contributed by atoms with E-state index in [-0.39, 0.29) is 10.7 Å². The Balaban J connectivity index is 2.09. The normalized spacial score (nSPS) is 12.9. The van der Waals surface area contributed by atoms with Crippen LogP contribution < -0.4 is 4.80 Å². The van der Waals surface area contributed by atoms with E-state index in [9.17, 15) is 18.0 Å². The zero-order valence-electron chi connectivity index (χ0n) is 14.2. The van der Waals surface area contributed by atoms with Gasteiger partial charge in [-0.15, -0.1) is 11.3 Å². The molecule has 0 spiro atoms. The number of carbonyl (C=O) groups is 1. The third kappa shape index (κ3) is 3.88. The Labute approximate surface area is 152 Å². The minimum absolute atomic E-state index is 0.0592. The molecule has 136 valence electrons. The van der Waals surface area contributed by atoms with Crippen LogP contribution in [0.25, 0.3) is 10.8 Å². The van der Waals surface area contributed by atoms with E-state index < -0.39 is 12.1 Å². The number of hydrogen-bond acceptors (Lipinski definition) is 2. The number of thiazole rings is 1. The second-order valence-electron chi connectivity index (χ2n) is 6.25. The molecule has 1 amide bonds. The highest BCUT2D eigenvalue weighted by atomic mass is 32.1. The number of halogens is 3. The second-order valence-corrected chi connectivity index (χ2v) is 7.29. The molecule has 0 aliphatic carbocycles. The van der Waals surface area contributed by atoms with E-state index >= 15 is 0 Å². The fourth-order valence-corrected chi connectivity index (χ4v) is 3.62. The van der Waals surface area contributed by atoms with E-state index in [1.807, 2.05) is 56.3 Å². The maximum absolute atomic E-state index is 12.6. The van der Waals surface area contributed by atoms with Crippen LogP contribution in [0, 0.1) is 0 Å². The molecule has 3 rings (SSSR count). The van der Waals surface area contributed by atoms with Crippen LogP contribution >= 0.6 is 11.3 Å². The Hall–Kier alpha value is -2.41. The van der Waals surface area contributed by atoms with Crippen molar-refractivity contribution < 1.29 is 18.0 Å². The summed E-state index contributed by atoms with van der Waals surface area (Å²) < 4.78 is 39.5. The first-order valence-electron chi connectivity index (χ1n) is 8.08. The number of nitrogens with zero attached hydrogens (tertiary/aromatic N) is 2. The van der Waals surface area contributed by atoms with Gasteiger partial charge in [-0.1, -0.05) is 56.3 Å². The molecule has 0 bridgehead atoms. The molecule has 0 fully saturated rings. The Kier molecular flexibility index (Phi) is 5.00. The molecule has 2 aromatic carbocycles. The summed E-state index contributed by atoms with van der Waals surface area (Å²) in [4.78, 5) is 15.6. The standard InChI is InChI=1S/C19H17F3N2OS/c1-12(2)16-11-24(18(26-16)23-17(25)19(20,21)22)10-14-8-5-7-13-6-3-4-9-15(13)14/h3-9,11-12H,10H2,1-2H3. The molecule has 1 aromatic heterocycles. The lowest BCUT2D eigenvalue weighted by molar-refractivity contribution is -0.169. The number of aromatic nitrogens is 1. The molecular formula is C19H17F3N2OS. The van der Waals surface area contributed by atoms with Crippen LogP contribution in [0.5, 0.6) is 0 Å². The van der Waals surface area contributed by atoms with Crippen molar-refractivity contribution in [2.24, 2.45) is 4.99 Å². The maximum atomic E-state index is 12.6. The highest BCUT2D eigenvalue weighted by Crippen LogP contribution is 2.22. The van der Waals surface area contributed by atoms with Crippen LogP contribution in [0.2, 0.25) is 0 Å². The Morgan fingerprint density at radius 3 is 2.54 bits per heavy atom. The van der Waals surface area contributed by atoms with Crippen LogP contribution in [-0.2, 0) is 11.3 Å². The van der Waals surface area contributed by atoms with Crippen molar-refractivity contribution in [1.82, 2.24) is 4.57 Å². The number of fused-ring (bicyclic) bond motifs is 1. The molecule has 0 unspecified atom stereocenters. The lowest BCUT2D eigenvalue weighted by atomic mass is 10.0. The fraction of sp³-hybridized carbons (Fsp3) is 0.263. The van der Waals surface area contributed by atoms with Gasteiger partial charge in [-0.3, -0.25) is 4.79 Å². The summed E-state index contributed by atoms with van der Waals surface area (Å²) in [5.74, 6) is -1.95. The van der Waals surface area contributed by atoms with Gasteiger partial charge in [-0.05, 0) is 22.3 Å². The third-order valence-corrected chi connectivity index (χ3v) is 5.29. The number of alkyl halides is 3. The van der Waals surface area contributed by atoms with E-state index in [1.54, 1.807) is 10.8 Å². The summed E-state index contributed by atoms with van der Waals surface area (Å²) in [7, 11) is 0. The monoisotopic (exact) mass is 378 g/mol. The van der Waals surface area contributed by atoms with Crippen molar-refractivity contribution in [3.05, 3.63) is 63.9 Å². The molecule has 0 saturated carbocycles. The summed E-state index contributed by atoms with van der Waals surface area (Å²) >= 11 is 1.11. The molecule has 0 aliphatic rings. The quantitative estimate of drug-likeness (QED) is 0.641. The molecule has 0 N–H and O–H groups in total. The van der Waals surface area contributed by atoms with Crippen molar-refractivity contribution in [3.63, 3.8) is 0 Å². The second kappa shape index (κ2) is 7.07. The van der Waals surface area contributed by atoms with Gasteiger partial charge >= 0.3 is 12.1 Å². The Morgan fingerprint density at radius 2 is 1.85 bits per heavy atom. The van der Waals surface area contributed by atoms with E-state index in [2.05, 4.69) is 4.99 Å². The van der Waals surface area contributed by atoms with Crippen LogP contribution in [0.1, 0.15) is 30.2 Å². The summed E-state index contributed by atoms with van der Waals surface area (Å²) in [5.41, 5.74) is 0.956. The first-order valence-corrected chi connectivity index (χ1v) is 8.90. The van der Waals surface area contributed by atoms with Gasteiger partial charge in [0, 0.05) is 11.1 Å². The van der Waals surface area contributed by atoms with Gasteiger partial charge in [0.05, 0.1) is 6.54 Å². The van der Waals surface area contributed by atoms with Crippen molar-refractivity contribution in [2.75, 3.05) is 0 Å². The van der Waals surface area contributed by atoms with Crippen LogP contribution in [-0.4, -0.2) is 16.7 Å². The average Bonchev–Trinajstić information content (AvgIpc) is 2.97. The predicted octanol–water partition coefficient (Wildman–Crippen LogP) is 4.86. The summed E-state index contributed by atoms with van der Waals surface area (Å²) in [5, 5.41) is 2.07. The van der Waals surface area contributed by atoms with Gasteiger partial charge < -0.3 is 4.57 Å². The first-order chi connectivity index (χ1) is 12.3. The topological polar surface area (TPSA) is 34.4 Å². The van der Waals surface area contributed by atoms with Crippen LogP contribution in [0.3, 0.4) is 0 Å². The minimum Gasteiger partial charge on any atom is -0.319 e. The van der Waals surface area contributed by atoms with Crippen molar-refractivity contribution >= 4 is 28.0 Å². The van der Waals surface area contributed by atoms with Gasteiger partial charge in [0.25, 0.3) is 0 Å². The SMILES string of the molecule is CC(C)c1cn(Cc2cccc3ccccc23)c(=NC(=O)C(F)(F)F)s1. The molecule has 0 radical (unpaired) electrons. The summed E-state index contributed by atoms with van der Waals surface area (Å²) in [6.07, 6.45) is -3.20. The number of carbonyl (C=O) groups excluding carboxylic acids is 1. The largest absolute Gasteiger partial charge is 0.473 e. The summed E-state index contributed by atoms with van der Waals surface area (Å²) in [6.45, 7) is 4.24. The number of benzene rings is 2. The lowest BCUT2D eigenvalue weighted by Gasteiger charge is -2.08. The third-order valence-electron chi connectivity index (χ3n) is 3.97. The number of amides is 1. The maximum Gasteiger partial charge on any atom is 0.473 e. The molecule has 1 heterocycles. The van der Waals surface area contributed by atoms with Crippen LogP contribution in [0.15, 0.2) is 53.7 Å². The molecule has 0 saturated heterocycles. The smallest absolute Gasteiger partial charge is 0.319 e. The molecule has 3 aromatic rings. The van der Waals surface area contributed by atoms with E-state index in [1.165, 1.54) is 0 Å². The number of rotatable bonds is 3. The molecular weight excluding hydrogens is 361 g/mol. The van der Waals surface area contributed by atoms with Gasteiger partial charge in [-0.25, -0.2) is 0 Å². The predicted molar refractivity (Wildman–Crippen MR) is 96.1 cm³/mol. The highest BCUT2D eigenvalue weighted by Gasteiger charge is 2.38. The average molecular weight is 378 g/mol. The van der Waals surface area contributed by atoms with Gasteiger partial charge in [0.2, 0.25) is 0 Å². The lowest BCUT2D eigenvalue weighted by Crippen LogP contribution is -2.25.